The fourth-order valence-electron chi connectivity index (χ4n) is 2.42. The molecule has 0 aliphatic heterocycles. The Morgan fingerprint density at radius 1 is 0.639 bits per heavy atom. The van der Waals surface area contributed by atoms with Crippen molar-refractivity contribution < 1.29 is 148 Å². The van der Waals surface area contributed by atoms with E-state index in [4.69, 9.17) is 0 Å². The third-order valence-corrected chi connectivity index (χ3v) is 5.47. The van der Waals surface area contributed by atoms with Crippen molar-refractivity contribution in [2.75, 3.05) is 10.6 Å². The third kappa shape index (κ3) is 14.7. The second-order valence-electron chi connectivity index (χ2n) is 6.75. The van der Waals surface area contributed by atoms with Crippen LogP contribution in [-0.4, -0.2) is 49.3 Å². The molecule has 184 valence electrons. The number of amides is 2. The van der Waals surface area contributed by atoms with Crippen LogP contribution in [0.2, 0.25) is 0 Å². The standard InChI is InChI=1S/2C10H11NO5S.2K/c2*1-7(12)6-10(13)11-8-4-2-3-5-9(8)17(14,15)16;;/h2*2-5H,6H2,1H3,(H,11,13)(H,14,15,16);;/q;;2*+1/p-2. The molecular formula is C20H20K2N2O10S2. The summed E-state index contributed by atoms with van der Waals surface area (Å²) in [6, 6.07) is 10.4. The molecule has 2 N–H and O–H groups in total. The van der Waals surface area contributed by atoms with Crippen molar-refractivity contribution in [2.45, 2.75) is 36.5 Å². The Bertz CT molecular complexity index is 1210. The first-order valence-electron chi connectivity index (χ1n) is 9.29. The van der Waals surface area contributed by atoms with Gasteiger partial charge in [-0.1, -0.05) is 24.3 Å². The van der Waals surface area contributed by atoms with E-state index in [-0.39, 0.29) is 139 Å². The van der Waals surface area contributed by atoms with E-state index in [1.165, 1.54) is 50.2 Å². The van der Waals surface area contributed by atoms with Gasteiger partial charge in [-0.25, -0.2) is 16.8 Å². The van der Waals surface area contributed by atoms with E-state index in [1.807, 2.05) is 0 Å². The first kappa shape index (κ1) is 38.0. The number of hydrogen-bond donors (Lipinski definition) is 2. The third-order valence-electron chi connectivity index (χ3n) is 3.68. The van der Waals surface area contributed by atoms with Gasteiger partial charge in [-0.3, -0.25) is 19.2 Å². The number of carbonyl (C=O) groups excluding carboxylic acids is 4. The van der Waals surface area contributed by atoms with Gasteiger partial charge in [-0.2, -0.15) is 0 Å². The van der Waals surface area contributed by atoms with Crippen LogP contribution in [0.5, 0.6) is 0 Å². The fourth-order valence-corrected chi connectivity index (χ4v) is 3.68. The summed E-state index contributed by atoms with van der Waals surface area (Å²) in [4.78, 5) is 42.9. The van der Waals surface area contributed by atoms with Crippen molar-refractivity contribution in [3.63, 3.8) is 0 Å². The van der Waals surface area contributed by atoms with Crippen molar-refractivity contribution in [1.29, 1.82) is 0 Å². The zero-order valence-electron chi connectivity index (χ0n) is 19.9. The quantitative estimate of drug-likeness (QED) is 0.170. The van der Waals surface area contributed by atoms with Gasteiger partial charge in [-0.05, 0) is 38.1 Å². The Morgan fingerprint density at radius 2 is 0.917 bits per heavy atom. The van der Waals surface area contributed by atoms with Gasteiger partial charge in [0.15, 0.2) is 0 Å². The SMILES string of the molecule is CC(=O)CC(=O)Nc1ccccc1S(=O)(=O)[O-].CC(=O)CC(=O)Nc1ccccc1S(=O)(=O)[O-].[K+].[K+]. The Kier molecular flexibility index (Phi) is 18.4. The summed E-state index contributed by atoms with van der Waals surface area (Å²) < 4.78 is 65.3. The molecule has 0 spiro atoms. The topological polar surface area (TPSA) is 207 Å². The maximum Gasteiger partial charge on any atom is 1.00 e. The molecule has 2 aromatic carbocycles. The van der Waals surface area contributed by atoms with E-state index in [9.17, 15) is 45.1 Å². The van der Waals surface area contributed by atoms with Gasteiger partial charge >= 0.3 is 103 Å². The smallest absolute Gasteiger partial charge is 0.744 e. The van der Waals surface area contributed by atoms with Gasteiger partial charge in [0.25, 0.3) is 0 Å². The van der Waals surface area contributed by atoms with E-state index in [2.05, 4.69) is 10.6 Å². The summed E-state index contributed by atoms with van der Waals surface area (Å²) in [7, 11) is -9.31. The molecule has 2 amide bonds. The number of benzene rings is 2. The van der Waals surface area contributed by atoms with Crippen LogP contribution in [0.1, 0.15) is 26.7 Å². The van der Waals surface area contributed by atoms with E-state index in [0.29, 0.717) is 0 Å². The molecule has 0 aromatic heterocycles. The molecule has 12 nitrogen and oxygen atoms in total. The zero-order chi connectivity index (χ0) is 26.1. The summed E-state index contributed by atoms with van der Waals surface area (Å²) in [6.07, 6.45) is -0.736. The molecular weight excluding hydrogens is 571 g/mol. The largest absolute Gasteiger partial charge is 1.00 e. The van der Waals surface area contributed by atoms with Crippen LogP contribution >= 0.6 is 0 Å². The molecule has 0 heterocycles. The molecule has 0 saturated heterocycles. The normalized spacial score (nSPS) is 10.3. The first-order chi connectivity index (χ1) is 15.6. The number of carbonyl (C=O) groups is 4. The number of nitrogens with one attached hydrogen (secondary N) is 2. The number of ketones is 2. The van der Waals surface area contributed by atoms with Crippen molar-refractivity contribution in [3.8, 4) is 0 Å². The van der Waals surface area contributed by atoms with Gasteiger partial charge in [-0.15, -0.1) is 0 Å². The molecule has 0 radical (unpaired) electrons. The number of hydrogen-bond acceptors (Lipinski definition) is 10. The van der Waals surface area contributed by atoms with Crippen molar-refractivity contribution in [3.05, 3.63) is 48.5 Å². The number of anilines is 2. The fraction of sp³-hybridized carbons (Fsp3) is 0.200. The predicted molar refractivity (Wildman–Crippen MR) is 117 cm³/mol. The minimum Gasteiger partial charge on any atom is -0.744 e. The minimum absolute atomic E-state index is 0. The van der Waals surface area contributed by atoms with Crippen LogP contribution in [0, 0.1) is 0 Å². The van der Waals surface area contributed by atoms with Crippen LogP contribution in [-0.2, 0) is 39.4 Å². The molecule has 0 aliphatic carbocycles. The summed E-state index contributed by atoms with van der Waals surface area (Å²) in [5.74, 6) is -2.03. The van der Waals surface area contributed by atoms with Crippen molar-refractivity contribution in [2.24, 2.45) is 0 Å². The second-order valence-corrected chi connectivity index (χ2v) is 9.45. The molecule has 2 rings (SSSR count). The van der Waals surface area contributed by atoms with Gasteiger partial charge in [0, 0.05) is 0 Å². The maximum atomic E-state index is 11.3. The van der Waals surface area contributed by atoms with Crippen LogP contribution in [0.3, 0.4) is 0 Å². The molecule has 0 aliphatic rings. The molecule has 0 fully saturated rings. The number of Topliss-reactive ketones (excluding diaryl/α,β-unsaturated/α-hetero) is 2. The minimum atomic E-state index is -4.66. The maximum absolute atomic E-state index is 11.3. The van der Waals surface area contributed by atoms with E-state index >= 15 is 0 Å². The Morgan fingerprint density at radius 3 is 1.17 bits per heavy atom. The van der Waals surface area contributed by atoms with Gasteiger partial charge in [0.2, 0.25) is 11.8 Å². The monoisotopic (exact) mass is 590 g/mol. The first-order valence-corrected chi connectivity index (χ1v) is 12.1. The second kappa shape index (κ2) is 17.4. The average Bonchev–Trinajstić information content (AvgIpc) is 2.66. The van der Waals surface area contributed by atoms with Gasteiger partial charge in [0.05, 0.1) is 34.0 Å². The Labute approximate surface area is 293 Å². The molecule has 36 heavy (non-hydrogen) atoms. The molecule has 16 heteroatoms. The van der Waals surface area contributed by atoms with E-state index in [1.54, 1.807) is 0 Å². The van der Waals surface area contributed by atoms with Crippen LogP contribution < -0.4 is 113 Å². The summed E-state index contributed by atoms with van der Waals surface area (Å²) in [5, 5.41) is 4.42. The molecule has 0 unspecified atom stereocenters. The van der Waals surface area contributed by atoms with Crippen LogP contribution in [0.4, 0.5) is 11.4 Å². The Balaban J connectivity index is 0. The molecule has 0 saturated carbocycles. The number of para-hydroxylation sites is 2. The number of rotatable bonds is 8. The van der Waals surface area contributed by atoms with Crippen molar-refractivity contribution in [1.82, 2.24) is 0 Å². The molecule has 2 aromatic rings. The van der Waals surface area contributed by atoms with Crippen molar-refractivity contribution >= 4 is 55.0 Å². The van der Waals surface area contributed by atoms with E-state index in [0.717, 1.165) is 12.1 Å². The van der Waals surface area contributed by atoms with Crippen LogP contribution in [0.15, 0.2) is 58.3 Å². The zero-order valence-corrected chi connectivity index (χ0v) is 27.8. The van der Waals surface area contributed by atoms with Crippen LogP contribution in [0.25, 0.3) is 0 Å². The van der Waals surface area contributed by atoms with Gasteiger partial charge in [0.1, 0.15) is 31.8 Å². The summed E-state index contributed by atoms with van der Waals surface area (Å²) in [5.41, 5.74) is -0.234. The van der Waals surface area contributed by atoms with E-state index < -0.39 is 41.8 Å². The average molecular weight is 591 g/mol. The molecule has 0 bridgehead atoms. The predicted octanol–water partition coefficient (Wildman–Crippen LogP) is -4.98. The van der Waals surface area contributed by atoms with Gasteiger partial charge < -0.3 is 19.7 Å². The Hall–Kier alpha value is -0.187. The summed E-state index contributed by atoms with van der Waals surface area (Å²) in [6.45, 7) is 2.46. The summed E-state index contributed by atoms with van der Waals surface area (Å²) >= 11 is 0. The molecule has 0 atom stereocenters.